The van der Waals surface area contributed by atoms with Crippen molar-refractivity contribution < 1.29 is 19.4 Å². The van der Waals surface area contributed by atoms with Crippen LogP contribution in [0, 0.1) is 19.8 Å². The summed E-state index contributed by atoms with van der Waals surface area (Å²) in [4.78, 5) is 28.9. The molecule has 1 aromatic heterocycles. The van der Waals surface area contributed by atoms with Crippen molar-refractivity contribution >= 4 is 40.4 Å². The summed E-state index contributed by atoms with van der Waals surface area (Å²) in [5.41, 5.74) is 3.44. The summed E-state index contributed by atoms with van der Waals surface area (Å²) in [6.07, 6.45) is 0.562. The molecule has 1 saturated heterocycles. The molecule has 0 radical (unpaired) electrons. The highest BCUT2D eigenvalue weighted by Gasteiger charge is 2.46. The highest BCUT2D eigenvalue weighted by molar-refractivity contribution is 7.10. The minimum atomic E-state index is -0.667. The monoisotopic (exact) mass is 523 g/mol. The first-order valence-electron chi connectivity index (χ1n) is 12.0. The predicted molar refractivity (Wildman–Crippen MR) is 145 cm³/mol. The minimum Gasteiger partial charge on any atom is -0.507 e. The van der Waals surface area contributed by atoms with Crippen LogP contribution < -0.4 is 4.74 Å². The number of benzene rings is 2. The van der Waals surface area contributed by atoms with E-state index in [4.69, 9.17) is 16.3 Å². The number of likely N-dealkylation sites (tertiary alicyclic amines) is 1. The Bertz CT molecular complexity index is 1310. The molecule has 7 heteroatoms. The lowest BCUT2D eigenvalue weighted by atomic mass is 9.97. The maximum Gasteiger partial charge on any atom is 0.295 e. The van der Waals surface area contributed by atoms with Crippen LogP contribution in [-0.2, 0) is 16.0 Å². The van der Waals surface area contributed by atoms with Gasteiger partial charge in [-0.3, -0.25) is 9.59 Å². The molecule has 3 aromatic rings. The van der Waals surface area contributed by atoms with E-state index < -0.39 is 17.7 Å². The van der Waals surface area contributed by atoms with Gasteiger partial charge in [-0.1, -0.05) is 37.6 Å². The van der Waals surface area contributed by atoms with Crippen LogP contribution in [0.15, 0.2) is 59.5 Å². The third-order valence-electron chi connectivity index (χ3n) is 6.27. The Hall–Kier alpha value is -3.09. The number of rotatable bonds is 8. The second-order valence-corrected chi connectivity index (χ2v) is 10.9. The Balaban J connectivity index is 1.71. The molecule has 1 unspecified atom stereocenters. The van der Waals surface area contributed by atoms with E-state index in [1.54, 1.807) is 23.1 Å². The summed E-state index contributed by atoms with van der Waals surface area (Å²) >= 11 is 7.48. The normalized spacial score (nSPS) is 17.3. The minimum absolute atomic E-state index is 0.122. The van der Waals surface area contributed by atoms with Crippen molar-refractivity contribution in [3.05, 3.63) is 91.6 Å². The van der Waals surface area contributed by atoms with Crippen LogP contribution >= 0.6 is 22.9 Å². The zero-order valence-corrected chi connectivity index (χ0v) is 22.4. The van der Waals surface area contributed by atoms with Crippen molar-refractivity contribution in [2.75, 3.05) is 13.2 Å². The van der Waals surface area contributed by atoms with Crippen LogP contribution in [0.2, 0.25) is 5.02 Å². The number of nitrogens with zero attached hydrogens (tertiary/aromatic N) is 1. The number of ether oxygens (including phenoxy) is 1. The van der Waals surface area contributed by atoms with E-state index in [9.17, 15) is 14.7 Å². The standard InChI is InChI=1S/C29H30ClNO4S/c1-17(2)16-35-23-10-7-21(15-19(23)4)26(32)24-25(28-18(3)12-14-36-28)31(29(34)27(24)33)13-11-20-5-8-22(30)9-6-20/h5-10,12,14-15,17,25,32H,11,13,16H2,1-4H3/b26-24-. The van der Waals surface area contributed by atoms with Gasteiger partial charge in [-0.05, 0) is 84.7 Å². The van der Waals surface area contributed by atoms with Crippen LogP contribution in [0.25, 0.3) is 5.76 Å². The zero-order chi connectivity index (χ0) is 26.0. The third-order valence-corrected chi connectivity index (χ3v) is 7.59. The molecule has 2 heterocycles. The van der Waals surface area contributed by atoms with E-state index >= 15 is 0 Å². The van der Waals surface area contributed by atoms with Crippen molar-refractivity contribution in [3.8, 4) is 5.75 Å². The smallest absolute Gasteiger partial charge is 0.295 e. The molecule has 36 heavy (non-hydrogen) atoms. The van der Waals surface area contributed by atoms with Gasteiger partial charge in [0.05, 0.1) is 18.2 Å². The Morgan fingerprint density at radius 3 is 2.42 bits per heavy atom. The van der Waals surface area contributed by atoms with Gasteiger partial charge in [-0.2, -0.15) is 0 Å². The lowest BCUT2D eigenvalue weighted by molar-refractivity contribution is -0.139. The number of hydrogen-bond donors (Lipinski definition) is 1. The van der Waals surface area contributed by atoms with Gasteiger partial charge in [0.2, 0.25) is 0 Å². The molecule has 1 atom stereocenters. The fourth-order valence-corrected chi connectivity index (χ4v) is 5.49. The number of aryl methyl sites for hydroxylation is 2. The quantitative estimate of drug-likeness (QED) is 0.202. The Morgan fingerprint density at radius 2 is 1.81 bits per heavy atom. The molecule has 0 bridgehead atoms. The van der Waals surface area contributed by atoms with E-state index in [0.29, 0.717) is 36.1 Å². The molecular weight excluding hydrogens is 494 g/mol. The summed E-state index contributed by atoms with van der Waals surface area (Å²) in [6, 6.07) is 14.1. The highest BCUT2D eigenvalue weighted by Crippen LogP contribution is 2.43. The van der Waals surface area contributed by atoms with Crippen LogP contribution in [-0.4, -0.2) is 34.8 Å². The van der Waals surface area contributed by atoms with E-state index in [1.807, 2.05) is 49.6 Å². The topological polar surface area (TPSA) is 66.8 Å². The van der Waals surface area contributed by atoms with Crippen LogP contribution in [0.1, 0.15) is 47.0 Å². The number of hydrogen-bond acceptors (Lipinski definition) is 5. The molecule has 4 rings (SSSR count). The number of thiophene rings is 1. The maximum absolute atomic E-state index is 13.3. The number of amides is 1. The van der Waals surface area contributed by atoms with Crippen molar-refractivity contribution in [1.82, 2.24) is 4.90 Å². The van der Waals surface area contributed by atoms with Gasteiger partial charge in [0.25, 0.3) is 11.7 Å². The first-order valence-corrected chi connectivity index (χ1v) is 13.2. The first-order chi connectivity index (χ1) is 17.2. The van der Waals surface area contributed by atoms with Gasteiger partial charge in [0.1, 0.15) is 11.5 Å². The van der Waals surface area contributed by atoms with Crippen molar-refractivity contribution in [2.24, 2.45) is 5.92 Å². The summed E-state index contributed by atoms with van der Waals surface area (Å²) < 4.78 is 5.86. The number of carbonyl (C=O) groups is 2. The van der Waals surface area contributed by atoms with Crippen molar-refractivity contribution in [2.45, 2.75) is 40.2 Å². The highest BCUT2D eigenvalue weighted by atomic mass is 35.5. The van der Waals surface area contributed by atoms with Gasteiger partial charge in [0, 0.05) is 22.0 Å². The lowest BCUT2D eigenvalue weighted by Gasteiger charge is -2.25. The molecule has 2 aromatic carbocycles. The van der Waals surface area contributed by atoms with E-state index in [1.165, 1.54) is 11.3 Å². The number of ketones is 1. The predicted octanol–water partition coefficient (Wildman–Crippen LogP) is 6.72. The molecule has 1 N–H and O–H groups in total. The molecule has 0 saturated carbocycles. The summed E-state index contributed by atoms with van der Waals surface area (Å²) in [6.45, 7) is 8.94. The van der Waals surface area contributed by atoms with E-state index in [0.717, 1.165) is 27.3 Å². The summed E-state index contributed by atoms with van der Waals surface area (Å²) in [5, 5.41) is 13.9. The Kier molecular flexibility index (Phi) is 7.86. The molecule has 0 spiro atoms. The molecule has 1 aliphatic heterocycles. The van der Waals surface area contributed by atoms with Crippen LogP contribution in [0.3, 0.4) is 0 Å². The fraction of sp³-hybridized carbons (Fsp3) is 0.310. The maximum atomic E-state index is 13.3. The average Bonchev–Trinajstić information content (AvgIpc) is 3.37. The Labute approximate surface area is 221 Å². The zero-order valence-electron chi connectivity index (χ0n) is 20.9. The molecule has 1 fully saturated rings. The average molecular weight is 524 g/mol. The van der Waals surface area contributed by atoms with Crippen molar-refractivity contribution in [1.29, 1.82) is 0 Å². The summed E-state index contributed by atoms with van der Waals surface area (Å²) in [7, 11) is 0. The van der Waals surface area contributed by atoms with Crippen molar-refractivity contribution in [3.63, 3.8) is 0 Å². The van der Waals surface area contributed by atoms with Gasteiger partial charge >= 0.3 is 0 Å². The third kappa shape index (κ3) is 5.35. The molecule has 5 nitrogen and oxygen atoms in total. The van der Waals surface area contributed by atoms with Gasteiger partial charge in [-0.15, -0.1) is 11.3 Å². The van der Waals surface area contributed by atoms with Crippen LogP contribution in [0.5, 0.6) is 5.75 Å². The van der Waals surface area contributed by atoms with E-state index in [-0.39, 0.29) is 11.3 Å². The SMILES string of the molecule is Cc1cc(/C(O)=C2/C(=O)C(=O)N(CCc3ccc(Cl)cc3)C2c2sccc2C)ccc1OCC(C)C. The summed E-state index contributed by atoms with van der Waals surface area (Å²) in [5.74, 6) is -0.320. The molecule has 1 aliphatic rings. The molecule has 1 amide bonds. The second kappa shape index (κ2) is 10.9. The lowest BCUT2D eigenvalue weighted by Crippen LogP contribution is -2.31. The number of aliphatic hydroxyl groups excluding tert-OH is 1. The van der Waals surface area contributed by atoms with Gasteiger partial charge < -0.3 is 14.7 Å². The largest absolute Gasteiger partial charge is 0.507 e. The molecular formula is C29H30ClNO4S. The number of aliphatic hydroxyl groups is 1. The number of Topliss-reactive ketones (excluding diaryl/α,β-unsaturated/α-hetero) is 1. The number of halogens is 1. The molecule has 0 aliphatic carbocycles. The second-order valence-electron chi connectivity index (χ2n) is 9.52. The van der Waals surface area contributed by atoms with Gasteiger partial charge in [-0.25, -0.2) is 0 Å². The van der Waals surface area contributed by atoms with Gasteiger partial charge in [0.15, 0.2) is 0 Å². The molecule has 188 valence electrons. The Morgan fingerprint density at radius 1 is 1.08 bits per heavy atom. The fourth-order valence-electron chi connectivity index (χ4n) is 4.32. The number of carbonyl (C=O) groups excluding carboxylic acids is 2. The first kappa shape index (κ1) is 26.0. The van der Waals surface area contributed by atoms with E-state index in [2.05, 4.69) is 13.8 Å². The van der Waals surface area contributed by atoms with Crippen LogP contribution in [0.4, 0.5) is 0 Å².